The van der Waals surface area contributed by atoms with Gasteiger partial charge in [0, 0.05) is 31.4 Å². The summed E-state index contributed by atoms with van der Waals surface area (Å²) < 4.78 is 19.9. The van der Waals surface area contributed by atoms with E-state index in [1.54, 1.807) is 0 Å². The number of nitrogens with zero attached hydrogens (tertiary/aromatic N) is 3. The number of unbranched alkanes of at least 4 members (excludes halogenated alkanes) is 4. The lowest BCUT2D eigenvalue weighted by Gasteiger charge is -2.08. The Morgan fingerprint density at radius 1 is 1.19 bits per heavy atom. The minimum absolute atomic E-state index is 0.194. The van der Waals surface area contributed by atoms with Crippen molar-refractivity contribution in [3.05, 3.63) is 10.4 Å². The third kappa shape index (κ3) is 13.8. The van der Waals surface area contributed by atoms with Crippen LogP contribution >= 0.6 is 7.82 Å². The van der Waals surface area contributed by atoms with E-state index >= 15 is 0 Å². The van der Waals surface area contributed by atoms with Gasteiger partial charge in [-0.15, -0.1) is 0 Å². The molecule has 122 valence electrons. The van der Waals surface area contributed by atoms with Gasteiger partial charge in [0.25, 0.3) is 0 Å². The molecule has 0 aliphatic rings. The molecule has 0 fully saturated rings. The summed E-state index contributed by atoms with van der Waals surface area (Å²) in [6, 6.07) is 0. The Balaban J connectivity index is 3.34. The van der Waals surface area contributed by atoms with E-state index in [0.717, 1.165) is 32.8 Å². The minimum atomic E-state index is -3.84. The van der Waals surface area contributed by atoms with Gasteiger partial charge in [0.05, 0.1) is 6.61 Å². The molecule has 0 aliphatic heterocycles. The Kier molecular flexibility index (Phi) is 12.2. The third-order valence-corrected chi connectivity index (χ3v) is 3.83. The summed E-state index contributed by atoms with van der Waals surface area (Å²) >= 11 is 0. The first-order chi connectivity index (χ1) is 10.0. The van der Waals surface area contributed by atoms with Gasteiger partial charge < -0.3 is 4.89 Å². The number of hydrogen-bond acceptors (Lipinski definition) is 5. The minimum Gasteiger partial charge on any atom is -0.303 e. The maximum atomic E-state index is 11.5. The smallest absolute Gasteiger partial charge is 0.303 e. The van der Waals surface area contributed by atoms with Crippen molar-refractivity contribution >= 4 is 13.6 Å². The average Bonchev–Trinajstić information content (AvgIpc) is 2.46. The number of Topliss-reactive ketones (excluding diaryl/α,β-unsaturated/α-hetero) is 1. The Hall–Kier alpha value is -0.910. The second kappa shape index (κ2) is 12.8. The van der Waals surface area contributed by atoms with Gasteiger partial charge in [-0.25, -0.2) is 4.57 Å². The topological polar surface area (TPSA) is 122 Å². The molecular weight excluding hydrogens is 297 g/mol. The van der Waals surface area contributed by atoms with Crippen molar-refractivity contribution < 1.29 is 23.3 Å². The Morgan fingerprint density at radius 2 is 1.81 bits per heavy atom. The second-order valence-electron chi connectivity index (χ2n) is 4.60. The van der Waals surface area contributed by atoms with Crippen LogP contribution in [-0.4, -0.2) is 30.9 Å². The van der Waals surface area contributed by atoms with Crippen LogP contribution in [0.3, 0.4) is 0 Å². The highest BCUT2D eigenvalue weighted by molar-refractivity contribution is 7.47. The highest BCUT2D eigenvalue weighted by Crippen LogP contribution is 2.41. The van der Waals surface area contributed by atoms with Crippen LogP contribution < -0.4 is 0 Å². The second-order valence-corrected chi connectivity index (χ2v) is 6.16. The van der Waals surface area contributed by atoms with Crippen molar-refractivity contribution in [2.45, 2.75) is 51.4 Å². The highest BCUT2D eigenvalue weighted by Gasteiger charge is 2.17. The van der Waals surface area contributed by atoms with Crippen LogP contribution in [0.2, 0.25) is 0 Å². The molecule has 21 heavy (non-hydrogen) atoms. The molecule has 0 rings (SSSR count). The van der Waals surface area contributed by atoms with Gasteiger partial charge in [-0.1, -0.05) is 24.4 Å². The van der Waals surface area contributed by atoms with Crippen molar-refractivity contribution in [1.29, 1.82) is 0 Å². The monoisotopic (exact) mass is 321 g/mol. The maximum absolute atomic E-state index is 11.5. The lowest BCUT2D eigenvalue weighted by Crippen LogP contribution is -1.98. The number of carbonyl (C=O) groups excluding carboxylic acids is 1. The number of carbonyl (C=O) groups is 1. The van der Waals surface area contributed by atoms with E-state index in [1.165, 1.54) is 0 Å². The Labute approximate surface area is 125 Å². The zero-order valence-electron chi connectivity index (χ0n) is 12.4. The van der Waals surface area contributed by atoms with E-state index in [0.29, 0.717) is 32.2 Å². The number of ketones is 1. The van der Waals surface area contributed by atoms with E-state index < -0.39 is 7.82 Å². The molecule has 0 aromatic carbocycles. The lowest BCUT2D eigenvalue weighted by molar-refractivity contribution is -0.119. The molecule has 0 aromatic heterocycles. The summed E-state index contributed by atoms with van der Waals surface area (Å²) in [5, 5.41) is 3.38. The van der Waals surface area contributed by atoms with E-state index in [1.807, 2.05) is 0 Å². The summed E-state index contributed by atoms with van der Waals surface area (Å²) in [4.78, 5) is 23.1. The van der Waals surface area contributed by atoms with Gasteiger partial charge in [-0.3, -0.25) is 13.8 Å². The van der Waals surface area contributed by atoms with Crippen LogP contribution in [0.1, 0.15) is 51.4 Å². The predicted molar refractivity (Wildman–Crippen MR) is 78.7 cm³/mol. The third-order valence-electron chi connectivity index (χ3n) is 2.86. The van der Waals surface area contributed by atoms with E-state index in [-0.39, 0.29) is 12.4 Å². The normalized spacial score (nSPS) is 13.4. The van der Waals surface area contributed by atoms with E-state index in [4.69, 9.17) is 10.4 Å². The van der Waals surface area contributed by atoms with E-state index in [9.17, 15) is 9.36 Å². The Morgan fingerprint density at radius 3 is 2.48 bits per heavy atom. The van der Waals surface area contributed by atoms with Crippen LogP contribution in [0.15, 0.2) is 5.11 Å². The van der Waals surface area contributed by atoms with Crippen molar-refractivity contribution in [3.8, 4) is 0 Å². The van der Waals surface area contributed by atoms with Crippen LogP contribution in [-0.2, 0) is 18.4 Å². The number of phosphoric acid groups is 1. The summed E-state index contributed by atoms with van der Waals surface area (Å²) in [6.45, 7) is 0.568. The fourth-order valence-corrected chi connectivity index (χ4v) is 2.17. The van der Waals surface area contributed by atoms with Crippen molar-refractivity contribution in [2.24, 2.45) is 5.11 Å². The van der Waals surface area contributed by atoms with Crippen LogP contribution in [0.25, 0.3) is 10.4 Å². The molecule has 0 radical (unpaired) electrons. The largest absolute Gasteiger partial charge is 0.471 e. The summed E-state index contributed by atoms with van der Waals surface area (Å²) in [5.41, 5.74) is 8.08. The molecule has 0 amide bonds. The highest BCUT2D eigenvalue weighted by atomic mass is 31.2. The van der Waals surface area contributed by atoms with Crippen LogP contribution in [0.5, 0.6) is 0 Å². The quantitative estimate of drug-likeness (QED) is 0.172. The van der Waals surface area contributed by atoms with Crippen LogP contribution in [0, 0.1) is 0 Å². The number of azide groups is 1. The zero-order valence-corrected chi connectivity index (χ0v) is 13.3. The summed E-state index contributed by atoms with van der Waals surface area (Å²) in [7, 11) is -2.71. The van der Waals surface area contributed by atoms with Gasteiger partial charge in [-0.05, 0) is 24.8 Å². The molecule has 1 unspecified atom stereocenters. The van der Waals surface area contributed by atoms with Crippen molar-refractivity contribution in [3.63, 3.8) is 0 Å². The molecule has 0 saturated carbocycles. The van der Waals surface area contributed by atoms with Gasteiger partial charge in [0.1, 0.15) is 5.78 Å². The molecule has 0 bridgehead atoms. The summed E-state index contributed by atoms with van der Waals surface area (Å²) in [5.74, 6) is 0.202. The molecule has 0 heterocycles. The van der Waals surface area contributed by atoms with E-state index in [2.05, 4.69) is 19.1 Å². The lowest BCUT2D eigenvalue weighted by atomic mass is 10.1. The molecule has 0 aliphatic carbocycles. The van der Waals surface area contributed by atoms with Gasteiger partial charge >= 0.3 is 7.82 Å². The predicted octanol–water partition coefficient (Wildman–Crippen LogP) is 3.75. The molecule has 0 spiro atoms. The first-order valence-corrected chi connectivity index (χ1v) is 8.57. The van der Waals surface area contributed by atoms with Crippen molar-refractivity contribution in [2.75, 3.05) is 20.3 Å². The van der Waals surface area contributed by atoms with Gasteiger partial charge in [0.2, 0.25) is 0 Å². The summed E-state index contributed by atoms with van der Waals surface area (Å²) in [6.07, 6.45) is 5.96. The standard InChI is InChI=1S/C12H24N3O5P/c1-19-21(17,18)20-11-6-4-2-3-5-8-12(16)9-7-10-14-15-13/h2-11H2,1H3,(H,17,18). The van der Waals surface area contributed by atoms with Gasteiger partial charge in [0.15, 0.2) is 0 Å². The zero-order chi connectivity index (χ0) is 16.0. The molecular formula is C12H24N3O5P. The molecule has 0 saturated heterocycles. The van der Waals surface area contributed by atoms with Crippen molar-refractivity contribution in [1.82, 2.24) is 0 Å². The Bertz CT molecular complexity index is 385. The molecule has 1 N–H and O–H groups in total. The maximum Gasteiger partial charge on any atom is 0.471 e. The fourth-order valence-electron chi connectivity index (χ4n) is 1.70. The molecule has 1 atom stereocenters. The number of rotatable bonds is 14. The average molecular weight is 321 g/mol. The molecule has 9 heteroatoms. The van der Waals surface area contributed by atoms with Gasteiger partial charge in [-0.2, -0.15) is 0 Å². The number of phosphoric ester groups is 1. The first-order valence-electron chi connectivity index (χ1n) is 7.07. The molecule has 8 nitrogen and oxygen atoms in total. The first kappa shape index (κ1) is 20.1. The molecule has 0 aromatic rings. The van der Waals surface area contributed by atoms with Crippen LogP contribution in [0.4, 0.5) is 0 Å². The number of hydrogen-bond donors (Lipinski definition) is 1. The SMILES string of the molecule is COP(=O)(O)OCCCCCCCC(=O)CCCN=[N+]=[N-]. The fraction of sp³-hybridized carbons (Fsp3) is 0.917.